The zero-order valence-electron chi connectivity index (χ0n) is 12.6. The topological polar surface area (TPSA) is 54.4 Å². The molecule has 0 saturated carbocycles. The summed E-state index contributed by atoms with van der Waals surface area (Å²) in [6, 6.07) is 19.5. The molecule has 1 aliphatic rings. The van der Waals surface area contributed by atoms with Gasteiger partial charge in [0.05, 0.1) is 16.1 Å². The molecule has 0 radical (unpaired) electrons. The number of amides is 1. The maximum absolute atomic E-state index is 11.8. The van der Waals surface area contributed by atoms with E-state index in [1.807, 2.05) is 60.7 Å². The first-order valence-corrected chi connectivity index (χ1v) is 8.29. The van der Waals surface area contributed by atoms with Gasteiger partial charge in [0, 0.05) is 11.6 Å². The molecule has 1 fully saturated rings. The van der Waals surface area contributed by atoms with E-state index in [2.05, 4.69) is 21.4 Å². The second-order valence-electron chi connectivity index (χ2n) is 5.27. The summed E-state index contributed by atoms with van der Waals surface area (Å²) in [4.78, 5) is 21.4. The molecule has 24 heavy (non-hydrogen) atoms. The molecule has 116 valence electrons. The van der Waals surface area contributed by atoms with Crippen LogP contribution in [0.15, 0.2) is 76.8 Å². The van der Waals surface area contributed by atoms with E-state index in [-0.39, 0.29) is 5.24 Å². The van der Waals surface area contributed by atoms with Crippen molar-refractivity contribution in [3.05, 3.63) is 77.3 Å². The zero-order chi connectivity index (χ0) is 16.4. The third-order valence-corrected chi connectivity index (χ3v) is 4.40. The maximum atomic E-state index is 11.8. The van der Waals surface area contributed by atoms with Gasteiger partial charge >= 0.3 is 0 Å². The van der Waals surface area contributed by atoms with E-state index in [1.165, 1.54) is 0 Å². The van der Waals surface area contributed by atoms with E-state index >= 15 is 0 Å². The Labute approximate surface area is 143 Å². The van der Waals surface area contributed by atoms with Crippen LogP contribution in [0.25, 0.3) is 17.0 Å². The van der Waals surface area contributed by atoms with Crippen molar-refractivity contribution in [2.45, 2.75) is 0 Å². The summed E-state index contributed by atoms with van der Waals surface area (Å²) in [7, 11) is 0. The number of nitrogens with zero attached hydrogens (tertiary/aromatic N) is 2. The lowest BCUT2D eigenvalue weighted by Gasteiger charge is -2.01. The Kier molecular flexibility index (Phi) is 3.84. The smallest absolute Gasteiger partial charge is 0.289 e. The van der Waals surface area contributed by atoms with Gasteiger partial charge in [0.2, 0.25) is 0 Å². The fourth-order valence-corrected chi connectivity index (χ4v) is 3.22. The SMILES string of the molecule is O=C1NC(=Nc2ccccc2)C(=Cc2ccc3ncccc3c2)S1. The van der Waals surface area contributed by atoms with Crippen LogP contribution in [-0.2, 0) is 0 Å². The molecule has 1 saturated heterocycles. The first-order chi connectivity index (χ1) is 11.8. The van der Waals surface area contributed by atoms with Crippen LogP contribution in [0.1, 0.15) is 5.56 Å². The van der Waals surface area contributed by atoms with Crippen LogP contribution in [0.4, 0.5) is 10.5 Å². The number of aliphatic imine (C=N–C) groups is 1. The number of benzene rings is 2. The Hall–Kier alpha value is -2.92. The molecule has 1 aliphatic heterocycles. The summed E-state index contributed by atoms with van der Waals surface area (Å²) < 4.78 is 0. The minimum atomic E-state index is -0.113. The molecular weight excluding hydrogens is 318 g/mol. The second-order valence-corrected chi connectivity index (χ2v) is 6.29. The third-order valence-electron chi connectivity index (χ3n) is 3.58. The molecule has 1 amide bonds. The van der Waals surface area contributed by atoms with Crippen molar-refractivity contribution in [3.8, 4) is 0 Å². The number of amidine groups is 1. The lowest BCUT2D eigenvalue weighted by Crippen LogP contribution is -2.18. The quantitative estimate of drug-likeness (QED) is 0.736. The fourth-order valence-electron chi connectivity index (χ4n) is 2.48. The highest BCUT2D eigenvalue weighted by Crippen LogP contribution is 2.29. The summed E-state index contributed by atoms with van der Waals surface area (Å²) in [5.74, 6) is 0.586. The molecule has 4 nitrogen and oxygen atoms in total. The van der Waals surface area contributed by atoms with E-state index in [1.54, 1.807) is 6.20 Å². The summed E-state index contributed by atoms with van der Waals surface area (Å²) in [5, 5.41) is 3.76. The van der Waals surface area contributed by atoms with E-state index in [0.29, 0.717) is 5.84 Å². The van der Waals surface area contributed by atoms with Crippen LogP contribution in [0.5, 0.6) is 0 Å². The molecule has 5 heteroatoms. The Morgan fingerprint density at radius 3 is 2.79 bits per heavy atom. The Morgan fingerprint density at radius 2 is 1.92 bits per heavy atom. The lowest BCUT2D eigenvalue weighted by atomic mass is 10.1. The van der Waals surface area contributed by atoms with Gasteiger partial charge in [-0.2, -0.15) is 0 Å². The van der Waals surface area contributed by atoms with Crippen LogP contribution in [0.3, 0.4) is 0 Å². The van der Waals surface area contributed by atoms with Crippen LogP contribution < -0.4 is 5.32 Å². The number of fused-ring (bicyclic) bond motifs is 1. The van der Waals surface area contributed by atoms with Crippen molar-refractivity contribution in [2.24, 2.45) is 4.99 Å². The van der Waals surface area contributed by atoms with Crippen molar-refractivity contribution in [3.63, 3.8) is 0 Å². The van der Waals surface area contributed by atoms with Crippen LogP contribution in [0, 0.1) is 0 Å². The molecule has 3 aromatic rings. The van der Waals surface area contributed by atoms with Crippen molar-refractivity contribution < 1.29 is 4.79 Å². The van der Waals surface area contributed by atoms with Gasteiger partial charge in [-0.05, 0) is 53.7 Å². The fraction of sp³-hybridized carbons (Fsp3) is 0. The number of aromatic nitrogens is 1. The van der Waals surface area contributed by atoms with Crippen molar-refractivity contribution >= 4 is 45.5 Å². The number of hydrogen-bond donors (Lipinski definition) is 1. The second kappa shape index (κ2) is 6.29. The molecule has 0 atom stereocenters. The molecule has 0 aliphatic carbocycles. The van der Waals surface area contributed by atoms with Crippen molar-refractivity contribution in [1.82, 2.24) is 10.3 Å². The number of rotatable bonds is 2. The first-order valence-electron chi connectivity index (χ1n) is 7.47. The van der Waals surface area contributed by atoms with E-state index in [9.17, 15) is 4.79 Å². The number of pyridine rings is 1. The number of thioether (sulfide) groups is 1. The molecule has 2 aromatic carbocycles. The number of carbonyl (C=O) groups excluding carboxylic acids is 1. The molecule has 1 aromatic heterocycles. The molecule has 0 unspecified atom stereocenters. The van der Waals surface area contributed by atoms with Gasteiger partial charge in [-0.15, -0.1) is 0 Å². The highest BCUT2D eigenvalue weighted by molar-refractivity contribution is 8.18. The van der Waals surface area contributed by atoms with E-state index < -0.39 is 0 Å². The van der Waals surface area contributed by atoms with Crippen LogP contribution in [0.2, 0.25) is 0 Å². The molecule has 1 N–H and O–H groups in total. The van der Waals surface area contributed by atoms with Crippen molar-refractivity contribution in [2.75, 3.05) is 0 Å². The third kappa shape index (κ3) is 3.07. The predicted molar refractivity (Wildman–Crippen MR) is 99.4 cm³/mol. The maximum Gasteiger partial charge on any atom is 0.289 e. The number of nitrogens with one attached hydrogen (secondary N) is 1. The monoisotopic (exact) mass is 331 g/mol. The minimum absolute atomic E-state index is 0.113. The lowest BCUT2D eigenvalue weighted by molar-refractivity contribution is 0.265. The Morgan fingerprint density at radius 1 is 1.04 bits per heavy atom. The van der Waals surface area contributed by atoms with Crippen molar-refractivity contribution in [1.29, 1.82) is 0 Å². The minimum Gasteiger partial charge on any atom is -0.300 e. The number of carbonyl (C=O) groups is 1. The number of hydrogen-bond acceptors (Lipinski definition) is 4. The zero-order valence-corrected chi connectivity index (χ0v) is 13.5. The van der Waals surface area contributed by atoms with Crippen LogP contribution in [-0.4, -0.2) is 16.1 Å². The van der Waals surface area contributed by atoms with Gasteiger partial charge < -0.3 is 5.32 Å². The Bertz CT molecular complexity index is 980. The van der Waals surface area contributed by atoms with Gasteiger partial charge in [-0.1, -0.05) is 30.3 Å². The highest BCUT2D eigenvalue weighted by Gasteiger charge is 2.23. The molecule has 0 spiro atoms. The highest BCUT2D eigenvalue weighted by atomic mass is 32.2. The standard InChI is InChI=1S/C19H13N3OS/c23-19-22-18(21-15-6-2-1-3-7-15)17(24-19)12-13-8-9-16-14(11-13)5-4-10-20-16/h1-12H,(H,21,22,23). The molecule has 4 rings (SSSR count). The predicted octanol–water partition coefficient (Wildman–Crippen LogP) is 4.76. The van der Waals surface area contributed by atoms with Crippen LogP contribution >= 0.6 is 11.8 Å². The number of para-hydroxylation sites is 1. The molecule has 0 bridgehead atoms. The summed E-state index contributed by atoms with van der Waals surface area (Å²) >= 11 is 1.16. The average Bonchev–Trinajstić information content (AvgIpc) is 2.95. The van der Waals surface area contributed by atoms with Gasteiger partial charge in [0.15, 0.2) is 0 Å². The van der Waals surface area contributed by atoms with E-state index in [0.717, 1.165) is 38.8 Å². The van der Waals surface area contributed by atoms with Gasteiger partial charge in [0.25, 0.3) is 5.24 Å². The Balaban J connectivity index is 1.73. The molecular formula is C19H13N3OS. The van der Waals surface area contributed by atoms with Gasteiger partial charge in [0.1, 0.15) is 5.84 Å². The largest absolute Gasteiger partial charge is 0.300 e. The molecule has 2 heterocycles. The van der Waals surface area contributed by atoms with E-state index in [4.69, 9.17) is 0 Å². The average molecular weight is 331 g/mol. The summed E-state index contributed by atoms with van der Waals surface area (Å²) in [6.07, 6.45) is 3.75. The van der Waals surface area contributed by atoms with Gasteiger partial charge in [-0.25, -0.2) is 4.99 Å². The normalized spacial score (nSPS) is 17.6. The first kappa shape index (κ1) is 14.7. The summed E-state index contributed by atoms with van der Waals surface area (Å²) in [5.41, 5.74) is 2.77. The summed E-state index contributed by atoms with van der Waals surface area (Å²) in [6.45, 7) is 0. The van der Waals surface area contributed by atoms with Gasteiger partial charge in [-0.3, -0.25) is 9.78 Å².